The molecule has 13 heavy (non-hydrogen) atoms. The third-order valence-corrected chi connectivity index (χ3v) is 1.60. The molecule has 2 aromatic heterocycles. The minimum Gasteiger partial charge on any atom is -0.358 e. The summed E-state index contributed by atoms with van der Waals surface area (Å²) in [6.45, 7) is 0. The van der Waals surface area contributed by atoms with Gasteiger partial charge < -0.3 is 10.1 Å². The van der Waals surface area contributed by atoms with Crippen LogP contribution in [0, 0.1) is 10.1 Å². The zero-order valence-corrected chi connectivity index (χ0v) is 6.84. The predicted octanol–water partition coefficient (Wildman–Crippen LogP) is 0.686. The van der Waals surface area contributed by atoms with Crippen molar-refractivity contribution in [3.63, 3.8) is 0 Å². The maximum atomic E-state index is 10.4. The Morgan fingerprint density at radius 1 is 1.62 bits per heavy atom. The Morgan fingerprint density at radius 2 is 2.38 bits per heavy atom. The molecule has 0 N–H and O–H groups in total. The molecule has 0 spiro atoms. The normalized spacial score (nSPS) is 10.5. The number of nitrogens with zero attached hydrogens (tertiary/aromatic N) is 5. The van der Waals surface area contributed by atoms with Crippen LogP contribution < -0.4 is 0 Å². The molecule has 0 aliphatic heterocycles. The molecule has 0 radical (unpaired) electrons. The largest absolute Gasteiger partial charge is 0.437 e. The van der Waals surface area contributed by atoms with Gasteiger partial charge in [-0.25, -0.2) is 4.98 Å². The fraction of sp³-hybridized carbons (Fsp3) is 0. The highest BCUT2D eigenvalue weighted by Crippen LogP contribution is 2.14. The van der Waals surface area contributed by atoms with Crippen molar-refractivity contribution in [2.24, 2.45) is 0 Å². The highest BCUT2D eigenvalue weighted by atomic mass is 35.5. The maximum absolute atomic E-state index is 10.4. The highest BCUT2D eigenvalue weighted by molar-refractivity contribution is 6.29. The summed E-state index contributed by atoms with van der Waals surface area (Å²) in [5.74, 6) is -0.400. The molecule has 0 aliphatic rings. The Kier molecular flexibility index (Phi) is 1.59. The summed E-state index contributed by atoms with van der Waals surface area (Å²) in [7, 11) is 0. The second-order valence-electron chi connectivity index (χ2n) is 2.19. The zero-order chi connectivity index (χ0) is 9.42. The van der Waals surface area contributed by atoms with Crippen molar-refractivity contribution in [3.05, 3.63) is 27.5 Å². The minimum absolute atomic E-state index is 0.0394. The number of halogens is 1. The van der Waals surface area contributed by atoms with Gasteiger partial charge in [0.05, 0.1) is 5.21 Å². The summed E-state index contributed by atoms with van der Waals surface area (Å²) < 4.78 is 1.18. The lowest BCUT2D eigenvalue weighted by molar-refractivity contribution is -0.388. The average molecular weight is 200 g/mol. The van der Waals surface area contributed by atoms with Gasteiger partial charge >= 0.3 is 5.82 Å². The molecule has 66 valence electrons. The van der Waals surface area contributed by atoms with E-state index in [1.165, 1.54) is 16.8 Å². The van der Waals surface area contributed by atoms with Gasteiger partial charge in [-0.05, 0) is 11.0 Å². The molecule has 2 aromatic rings. The molecule has 0 atom stereocenters. The molecule has 0 unspecified atom stereocenters. The van der Waals surface area contributed by atoms with Gasteiger partial charge in [0.15, 0.2) is 0 Å². The topological polar surface area (TPSA) is 86.2 Å². The molecule has 0 amide bonds. The van der Waals surface area contributed by atoms with E-state index < -0.39 is 10.7 Å². The van der Waals surface area contributed by atoms with Gasteiger partial charge in [-0.1, -0.05) is 11.6 Å². The molecule has 0 aromatic carbocycles. The SMILES string of the molecule is O=[N+]([O-])c1nnn2ccc(Cl)nc12. The van der Waals surface area contributed by atoms with Crippen LogP contribution in [0.15, 0.2) is 12.3 Å². The predicted molar refractivity (Wildman–Crippen MR) is 42.4 cm³/mol. The van der Waals surface area contributed by atoms with Crippen LogP contribution in [0.5, 0.6) is 0 Å². The third-order valence-electron chi connectivity index (χ3n) is 1.39. The van der Waals surface area contributed by atoms with Crippen molar-refractivity contribution < 1.29 is 4.92 Å². The number of aromatic nitrogens is 4. The van der Waals surface area contributed by atoms with Gasteiger partial charge in [-0.15, -0.1) is 0 Å². The molecule has 2 heterocycles. The van der Waals surface area contributed by atoms with Gasteiger partial charge in [0.25, 0.3) is 5.65 Å². The molecule has 0 aliphatic carbocycles. The molecule has 0 saturated carbocycles. The number of rotatable bonds is 1. The second-order valence-corrected chi connectivity index (χ2v) is 2.58. The number of fused-ring (bicyclic) bond motifs is 1. The molecule has 0 bridgehead atoms. The van der Waals surface area contributed by atoms with Gasteiger partial charge in [0.2, 0.25) is 0 Å². The van der Waals surface area contributed by atoms with Gasteiger partial charge in [-0.2, -0.15) is 4.52 Å². The molecule has 0 fully saturated rings. The van der Waals surface area contributed by atoms with Crippen molar-refractivity contribution in [3.8, 4) is 0 Å². The Morgan fingerprint density at radius 3 is 3.08 bits per heavy atom. The first-order chi connectivity index (χ1) is 6.18. The van der Waals surface area contributed by atoms with Crippen LogP contribution in [0.25, 0.3) is 5.65 Å². The molecular formula is C5H2ClN5O2. The lowest BCUT2D eigenvalue weighted by Gasteiger charge is -1.90. The Hall–Kier alpha value is -1.76. The standard InChI is InChI=1S/C5H2ClN5O2/c6-3-1-2-10-4(7-3)5(8-9-10)11(12)13/h1-2H. The highest BCUT2D eigenvalue weighted by Gasteiger charge is 2.19. The van der Waals surface area contributed by atoms with Gasteiger partial charge in [0, 0.05) is 6.20 Å². The lowest BCUT2D eigenvalue weighted by Crippen LogP contribution is -1.92. The molecule has 0 saturated heterocycles. The van der Waals surface area contributed by atoms with Crippen molar-refractivity contribution in [1.29, 1.82) is 0 Å². The van der Waals surface area contributed by atoms with Crippen LogP contribution in [0.2, 0.25) is 5.15 Å². The first-order valence-electron chi connectivity index (χ1n) is 3.20. The Labute approximate surface area is 76.1 Å². The van der Waals surface area contributed by atoms with E-state index in [9.17, 15) is 10.1 Å². The van der Waals surface area contributed by atoms with E-state index in [1.54, 1.807) is 0 Å². The minimum atomic E-state index is -0.661. The lowest BCUT2D eigenvalue weighted by atomic mass is 10.6. The zero-order valence-electron chi connectivity index (χ0n) is 6.09. The summed E-state index contributed by atoms with van der Waals surface area (Å²) in [5.41, 5.74) is 0.0394. The summed E-state index contributed by atoms with van der Waals surface area (Å²) >= 11 is 5.55. The van der Waals surface area contributed by atoms with Crippen LogP contribution in [-0.2, 0) is 0 Å². The number of hydrogen-bond donors (Lipinski definition) is 0. The summed E-state index contributed by atoms with van der Waals surface area (Å²) in [6.07, 6.45) is 1.45. The van der Waals surface area contributed by atoms with E-state index in [1.807, 2.05) is 0 Å². The van der Waals surface area contributed by atoms with Gasteiger partial charge in [0.1, 0.15) is 10.3 Å². The van der Waals surface area contributed by atoms with Crippen LogP contribution in [-0.4, -0.2) is 24.7 Å². The number of hydrogen-bond acceptors (Lipinski definition) is 5. The fourth-order valence-electron chi connectivity index (χ4n) is 0.870. The molecule has 8 heteroatoms. The Bertz CT molecular complexity index is 481. The number of nitro groups is 1. The second kappa shape index (κ2) is 2.63. The van der Waals surface area contributed by atoms with Crippen LogP contribution >= 0.6 is 11.6 Å². The smallest absolute Gasteiger partial charge is 0.358 e. The first kappa shape index (κ1) is 7.87. The summed E-state index contributed by atoms with van der Waals surface area (Å²) in [4.78, 5) is 13.5. The molecule has 2 rings (SSSR count). The fourth-order valence-corrected chi connectivity index (χ4v) is 1.01. The van der Waals surface area contributed by atoms with E-state index >= 15 is 0 Å². The monoisotopic (exact) mass is 199 g/mol. The van der Waals surface area contributed by atoms with E-state index in [0.717, 1.165) is 0 Å². The van der Waals surface area contributed by atoms with E-state index in [4.69, 9.17) is 11.6 Å². The molecule has 7 nitrogen and oxygen atoms in total. The van der Waals surface area contributed by atoms with Crippen LogP contribution in [0.3, 0.4) is 0 Å². The summed E-state index contributed by atoms with van der Waals surface area (Å²) in [5, 5.41) is 17.4. The van der Waals surface area contributed by atoms with Crippen molar-refractivity contribution >= 4 is 23.1 Å². The summed E-state index contributed by atoms with van der Waals surface area (Å²) in [6, 6.07) is 1.47. The maximum Gasteiger partial charge on any atom is 0.437 e. The Balaban J connectivity index is 2.79. The van der Waals surface area contributed by atoms with E-state index in [2.05, 4.69) is 15.3 Å². The van der Waals surface area contributed by atoms with Crippen molar-refractivity contribution in [1.82, 2.24) is 19.8 Å². The third kappa shape index (κ3) is 1.18. The van der Waals surface area contributed by atoms with E-state index in [0.29, 0.717) is 0 Å². The quantitative estimate of drug-likeness (QED) is 0.383. The molecular weight excluding hydrogens is 198 g/mol. The van der Waals surface area contributed by atoms with E-state index in [-0.39, 0.29) is 10.8 Å². The van der Waals surface area contributed by atoms with Crippen molar-refractivity contribution in [2.75, 3.05) is 0 Å². The van der Waals surface area contributed by atoms with Crippen molar-refractivity contribution in [2.45, 2.75) is 0 Å². The van der Waals surface area contributed by atoms with Gasteiger partial charge in [-0.3, -0.25) is 0 Å². The first-order valence-corrected chi connectivity index (χ1v) is 3.58. The van der Waals surface area contributed by atoms with Crippen LogP contribution in [0.4, 0.5) is 5.82 Å². The van der Waals surface area contributed by atoms with Crippen LogP contribution in [0.1, 0.15) is 0 Å². The average Bonchev–Trinajstić information content (AvgIpc) is 2.46.